The van der Waals surface area contributed by atoms with Crippen molar-refractivity contribution < 1.29 is 19.2 Å². The van der Waals surface area contributed by atoms with Gasteiger partial charge in [-0.25, -0.2) is 0 Å². The van der Waals surface area contributed by atoms with Gasteiger partial charge in [0.15, 0.2) is 0 Å². The van der Waals surface area contributed by atoms with E-state index in [2.05, 4.69) is 238 Å². The van der Waals surface area contributed by atoms with Crippen molar-refractivity contribution in [2.24, 2.45) is 23.7 Å². The second kappa shape index (κ2) is 36.0. The molecule has 4 heterocycles. The summed E-state index contributed by atoms with van der Waals surface area (Å²) in [6.07, 6.45) is 16.6. The molecular weight excluding hydrogens is 1230 g/mol. The van der Waals surface area contributed by atoms with E-state index in [4.69, 9.17) is 0 Å². The Morgan fingerprint density at radius 2 is 0.580 bits per heavy atom. The maximum atomic E-state index is 12.4. The van der Waals surface area contributed by atoms with E-state index in [1.165, 1.54) is 84.7 Å². The zero-order valence-electron chi connectivity index (χ0n) is 63.8. The number of para-hydroxylation sites is 4. The van der Waals surface area contributed by atoms with Gasteiger partial charge in [-0.3, -0.25) is 19.2 Å². The molecule has 0 bridgehead atoms. The second-order valence-electron chi connectivity index (χ2n) is 31.1. The molecular formula is C88H124N8O4. The SMILES string of the molecule is CCC(=O)N1c2ccccc2C(NC2CCC(C(C)C)CC2)CC1C.CCC(=O)N1c2ccccc2C(Nc2ccc(C(C)C)cc2)CC1C.CCC(=O)N1c2ccccc2[C@H](NC2CCC(C(C)C)CC2)C[C@@H]1C.CCC(=O)N1c2ccccc2[C@H](Nc2ccc(C(C)C)cc2)C[C@@H]1C. The second-order valence-corrected chi connectivity index (χ2v) is 31.1. The van der Waals surface area contributed by atoms with Crippen LogP contribution in [0.2, 0.25) is 0 Å². The highest BCUT2D eigenvalue weighted by molar-refractivity contribution is 5.97. The van der Waals surface area contributed by atoms with Gasteiger partial charge >= 0.3 is 0 Å². The molecule has 4 amide bonds. The van der Waals surface area contributed by atoms with Crippen LogP contribution in [0.25, 0.3) is 0 Å². The first-order chi connectivity index (χ1) is 48.0. The van der Waals surface area contributed by atoms with Crippen molar-refractivity contribution in [1.82, 2.24) is 10.6 Å². The van der Waals surface area contributed by atoms with Crippen LogP contribution in [0.3, 0.4) is 0 Å². The lowest BCUT2D eigenvalue weighted by atomic mass is 9.79. The summed E-state index contributed by atoms with van der Waals surface area (Å²) in [6.45, 7) is 34.7. The largest absolute Gasteiger partial charge is 0.378 e. The Balaban J connectivity index is 0.000000156. The summed E-state index contributed by atoms with van der Waals surface area (Å²) in [7, 11) is 0. The Labute approximate surface area is 603 Å². The van der Waals surface area contributed by atoms with Crippen molar-refractivity contribution >= 4 is 57.8 Å². The number of anilines is 6. The van der Waals surface area contributed by atoms with Crippen LogP contribution < -0.4 is 40.9 Å². The molecule has 12 rings (SSSR count). The predicted molar refractivity (Wildman–Crippen MR) is 420 cm³/mol. The van der Waals surface area contributed by atoms with Gasteiger partial charge in [-0.2, -0.15) is 0 Å². The molecule has 100 heavy (non-hydrogen) atoms. The van der Waals surface area contributed by atoms with E-state index in [1.54, 1.807) is 0 Å². The van der Waals surface area contributed by atoms with Crippen molar-refractivity contribution in [2.75, 3.05) is 30.2 Å². The van der Waals surface area contributed by atoms with E-state index in [9.17, 15) is 19.2 Å². The van der Waals surface area contributed by atoms with Gasteiger partial charge < -0.3 is 40.9 Å². The van der Waals surface area contributed by atoms with Gasteiger partial charge in [-0.1, -0.05) is 180 Å². The molecule has 12 heteroatoms. The molecule has 6 aromatic rings. The fraction of sp³-hybridized carbons (Fsp3) is 0.545. The minimum absolute atomic E-state index is 0.190. The highest BCUT2D eigenvalue weighted by atomic mass is 16.2. The molecule has 4 aliphatic heterocycles. The molecule has 12 nitrogen and oxygen atoms in total. The smallest absolute Gasteiger partial charge is 0.226 e. The molecule has 8 atom stereocenters. The fourth-order valence-corrected chi connectivity index (χ4v) is 16.8. The Morgan fingerprint density at radius 3 is 0.820 bits per heavy atom. The summed E-state index contributed by atoms with van der Waals surface area (Å²) in [4.78, 5) is 57.7. The van der Waals surface area contributed by atoms with Crippen LogP contribution in [0.15, 0.2) is 146 Å². The van der Waals surface area contributed by atoms with E-state index in [0.717, 1.165) is 83.5 Å². The third-order valence-corrected chi connectivity index (χ3v) is 22.8. The van der Waals surface area contributed by atoms with Crippen molar-refractivity contribution in [3.63, 3.8) is 0 Å². The van der Waals surface area contributed by atoms with Gasteiger partial charge in [0.2, 0.25) is 23.6 Å². The maximum Gasteiger partial charge on any atom is 0.226 e. The van der Waals surface area contributed by atoms with Crippen molar-refractivity contribution in [2.45, 2.75) is 286 Å². The van der Waals surface area contributed by atoms with Gasteiger partial charge in [-0.05, 0) is 222 Å². The molecule has 540 valence electrons. The lowest BCUT2D eigenvalue weighted by Gasteiger charge is -2.42. The summed E-state index contributed by atoms with van der Waals surface area (Å²) >= 11 is 0. The first-order valence-electron chi connectivity index (χ1n) is 38.9. The summed E-state index contributed by atoms with van der Waals surface area (Å²) < 4.78 is 0. The Morgan fingerprint density at radius 1 is 0.340 bits per heavy atom. The molecule has 6 aliphatic rings. The van der Waals surface area contributed by atoms with E-state index in [-0.39, 0.29) is 59.9 Å². The van der Waals surface area contributed by atoms with Crippen molar-refractivity contribution in [3.05, 3.63) is 179 Å². The summed E-state index contributed by atoms with van der Waals surface area (Å²) in [5, 5.41) is 15.2. The molecule has 0 radical (unpaired) electrons. The quantitative estimate of drug-likeness (QED) is 0.0754. The maximum absolute atomic E-state index is 12.4. The number of hydrogen-bond acceptors (Lipinski definition) is 8. The van der Waals surface area contributed by atoms with Gasteiger partial charge in [0.05, 0.1) is 12.1 Å². The van der Waals surface area contributed by atoms with E-state index in [1.807, 2.05) is 59.4 Å². The van der Waals surface area contributed by atoms with Crippen LogP contribution >= 0.6 is 0 Å². The predicted octanol–water partition coefficient (Wildman–Crippen LogP) is 21.1. The monoisotopic (exact) mass is 1360 g/mol. The number of nitrogens with zero attached hydrogens (tertiary/aromatic N) is 4. The van der Waals surface area contributed by atoms with Crippen LogP contribution in [0.4, 0.5) is 34.1 Å². The van der Waals surface area contributed by atoms with Gasteiger partial charge in [0.25, 0.3) is 0 Å². The Kier molecular flexibility index (Phi) is 27.7. The van der Waals surface area contributed by atoms with Gasteiger partial charge in [0, 0.05) is 108 Å². The summed E-state index contributed by atoms with van der Waals surface area (Å²) in [6, 6.07) is 54.2. The van der Waals surface area contributed by atoms with Crippen molar-refractivity contribution in [3.8, 4) is 0 Å². The standard InChI is InChI=1S/2C22H34N2O.2C22H28N2O/c4*1-5-22(25)24-16(4)14-20(19-8-6-7-9-21(19)24)23-18-12-10-17(11-13-18)15(2)3/h2*6-9,15-18,20,23H,5,10-14H2,1-4H3;2*6-13,15-16,20,23H,5,14H2,1-4H3/t16-,17?,18?,20+;;16-,20+;/m0.0./s1. The number of carbonyl (C=O) groups is 4. The lowest BCUT2D eigenvalue weighted by Crippen LogP contribution is -2.47. The minimum atomic E-state index is 0.190. The fourth-order valence-electron chi connectivity index (χ4n) is 16.8. The Bertz CT molecular complexity index is 3350. The third kappa shape index (κ3) is 18.9. The topological polar surface area (TPSA) is 129 Å². The van der Waals surface area contributed by atoms with Crippen LogP contribution in [0, 0.1) is 23.7 Å². The van der Waals surface area contributed by atoms with E-state index in [0.29, 0.717) is 61.7 Å². The Hall–Kier alpha value is -7.28. The number of benzene rings is 6. The molecule has 4 N–H and O–H groups in total. The number of hydrogen-bond donors (Lipinski definition) is 4. The zero-order valence-corrected chi connectivity index (χ0v) is 63.8. The molecule has 0 spiro atoms. The average Bonchev–Trinajstić information content (AvgIpc) is 0.798. The number of carbonyl (C=O) groups excluding carboxylic acids is 4. The first kappa shape index (κ1) is 76.9. The first-order valence-corrected chi connectivity index (χ1v) is 38.9. The minimum Gasteiger partial charge on any atom is -0.378 e. The molecule has 6 aromatic carbocycles. The molecule has 2 fully saturated rings. The summed E-state index contributed by atoms with van der Waals surface area (Å²) in [5.41, 5.74) is 14.3. The van der Waals surface area contributed by atoms with Gasteiger partial charge in [-0.15, -0.1) is 0 Å². The highest BCUT2D eigenvalue weighted by Gasteiger charge is 2.39. The number of fused-ring (bicyclic) bond motifs is 4. The van der Waals surface area contributed by atoms with Crippen LogP contribution in [0.5, 0.6) is 0 Å². The molecule has 0 aromatic heterocycles. The molecule has 2 saturated carbocycles. The zero-order chi connectivity index (χ0) is 71.9. The summed E-state index contributed by atoms with van der Waals surface area (Å²) in [5.74, 6) is 5.35. The van der Waals surface area contributed by atoms with Crippen LogP contribution in [0.1, 0.15) is 283 Å². The highest BCUT2D eigenvalue weighted by Crippen LogP contribution is 2.44. The van der Waals surface area contributed by atoms with Crippen LogP contribution in [-0.2, 0) is 19.2 Å². The van der Waals surface area contributed by atoms with E-state index >= 15 is 0 Å². The number of rotatable bonds is 16. The van der Waals surface area contributed by atoms with Gasteiger partial charge in [0.1, 0.15) is 0 Å². The normalized spacial score (nSPS) is 24.6. The molecule has 4 unspecified atom stereocenters. The van der Waals surface area contributed by atoms with Crippen molar-refractivity contribution in [1.29, 1.82) is 0 Å². The number of nitrogens with one attached hydrogen (secondary N) is 4. The average molecular weight is 1360 g/mol. The lowest BCUT2D eigenvalue weighted by molar-refractivity contribution is -0.119. The molecule has 2 aliphatic carbocycles. The number of amides is 4. The third-order valence-electron chi connectivity index (χ3n) is 22.8. The van der Waals surface area contributed by atoms with Crippen LogP contribution in [-0.4, -0.2) is 59.9 Å². The molecule has 0 saturated heterocycles. The van der Waals surface area contributed by atoms with E-state index < -0.39 is 0 Å².